The predicted molar refractivity (Wildman–Crippen MR) is 116 cm³/mol. The van der Waals surface area contributed by atoms with Crippen LogP contribution in [0.25, 0.3) is 0 Å². The van der Waals surface area contributed by atoms with Crippen LogP contribution in [-0.2, 0) is 14.3 Å². The fraction of sp³-hybridized carbons (Fsp3) is 0.364. The third-order valence-corrected chi connectivity index (χ3v) is 4.88. The first kappa shape index (κ1) is 22.9. The van der Waals surface area contributed by atoms with Gasteiger partial charge in [0.25, 0.3) is 0 Å². The van der Waals surface area contributed by atoms with Crippen LogP contribution in [0.5, 0.6) is 0 Å². The lowest BCUT2D eigenvalue weighted by Gasteiger charge is -2.23. The molecule has 1 unspecified atom stereocenters. The molecule has 1 atom stereocenters. The molecule has 156 valence electrons. The van der Waals surface area contributed by atoms with E-state index < -0.39 is 11.8 Å². The summed E-state index contributed by atoms with van der Waals surface area (Å²) in [7, 11) is 3.66. The summed E-state index contributed by atoms with van der Waals surface area (Å²) in [6.07, 6.45) is 0.661. The Balaban J connectivity index is 2.02. The summed E-state index contributed by atoms with van der Waals surface area (Å²) in [5.41, 5.74) is 2.33. The second-order valence-corrected chi connectivity index (χ2v) is 7.37. The van der Waals surface area contributed by atoms with Gasteiger partial charge in [0, 0.05) is 20.2 Å². The average molecular weight is 418 g/mol. The van der Waals surface area contributed by atoms with Crippen molar-refractivity contribution in [2.24, 2.45) is 0 Å². The normalized spacial score (nSPS) is 11.9. The Hall–Kier alpha value is -2.41. The second-order valence-electron chi connectivity index (χ2n) is 6.96. The molecule has 0 heterocycles. The van der Waals surface area contributed by atoms with Gasteiger partial charge in [0.05, 0.1) is 23.4 Å². The molecule has 0 aliphatic carbocycles. The number of hydrogen-bond acceptors (Lipinski definition) is 4. The van der Waals surface area contributed by atoms with Crippen molar-refractivity contribution < 1.29 is 14.3 Å². The van der Waals surface area contributed by atoms with Crippen molar-refractivity contribution in [3.8, 4) is 0 Å². The van der Waals surface area contributed by atoms with Crippen molar-refractivity contribution in [3.63, 3.8) is 0 Å². The maximum atomic E-state index is 12.5. The lowest BCUT2D eigenvalue weighted by molar-refractivity contribution is -0.136. The van der Waals surface area contributed by atoms with E-state index in [1.165, 1.54) is 0 Å². The van der Waals surface area contributed by atoms with E-state index in [1.807, 2.05) is 50.4 Å². The number of anilines is 1. The molecule has 0 aromatic heterocycles. The van der Waals surface area contributed by atoms with Gasteiger partial charge in [-0.05, 0) is 43.7 Å². The van der Waals surface area contributed by atoms with Crippen molar-refractivity contribution in [3.05, 3.63) is 64.7 Å². The van der Waals surface area contributed by atoms with Crippen molar-refractivity contribution in [1.29, 1.82) is 0 Å². The number of nitrogens with one attached hydrogen (secondary N) is 2. The third-order valence-electron chi connectivity index (χ3n) is 4.56. The minimum absolute atomic E-state index is 0.284. The second kappa shape index (κ2) is 11.6. The Kier molecular flexibility index (Phi) is 9.12. The Morgan fingerprint density at radius 2 is 1.83 bits per heavy atom. The molecule has 7 heteroatoms. The van der Waals surface area contributed by atoms with E-state index in [4.69, 9.17) is 16.3 Å². The number of nitrogens with zero attached hydrogens (tertiary/aromatic N) is 1. The van der Waals surface area contributed by atoms with Crippen LogP contribution in [0.3, 0.4) is 0 Å². The van der Waals surface area contributed by atoms with E-state index in [0.29, 0.717) is 23.7 Å². The van der Waals surface area contributed by atoms with Crippen molar-refractivity contribution in [2.75, 3.05) is 39.2 Å². The molecule has 6 nitrogen and oxygen atoms in total. The Bertz CT molecular complexity index is 814. The van der Waals surface area contributed by atoms with E-state index >= 15 is 0 Å². The van der Waals surface area contributed by atoms with E-state index in [2.05, 4.69) is 15.5 Å². The van der Waals surface area contributed by atoms with Gasteiger partial charge in [0.1, 0.15) is 0 Å². The quantitative estimate of drug-likeness (QED) is 0.613. The fourth-order valence-electron chi connectivity index (χ4n) is 2.84. The zero-order chi connectivity index (χ0) is 21.2. The molecule has 2 aromatic rings. The van der Waals surface area contributed by atoms with Crippen LogP contribution in [0.15, 0.2) is 48.5 Å². The number of carbonyl (C=O) groups excluding carboxylic acids is 2. The molecular formula is C22H28ClN3O3. The molecule has 2 aromatic carbocycles. The lowest BCUT2D eigenvalue weighted by Crippen LogP contribution is -2.39. The molecule has 0 fully saturated rings. The summed E-state index contributed by atoms with van der Waals surface area (Å²) < 4.78 is 5.10. The number of ether oxygens (including phenoxy) is 1. The number of methoxy groups -OCH3 is 1. The van der Waals surface area contributed by atoms with Crippen LogP contribution in [0.2, 0.25) is 5.02 Å². The molecule has 0 radical (unpaired) electrons. The van der Waals surface area contributed by atoms with Gasteiger partial charge < -0.3 is 20.3 Å². The standard InChI is InChI=1S/C22H28ClN3O3/c1-16-9-10-20(18(23)15-16)25-22(28)21(27)24-19(17-7-5-4-6-8-17)11-12-26(2)13-14-29-3/h4-10,15,19H,11-14H2,1-3H3,(H,24,27)(H,25,28). The number of carbonyl (C=O) groups is 2. The van der Waals surface area contributed by atoms with Gasteiger partial charge in [-0.3, -0.25) is 9.59 Å². The summed E-state index contributed by atoms with van der Waals surface area (Å²) >= 11 is 6.14. The van der Waals surface area contributed by atoms with Crippen molar-refractivity contribution in [1.82, 2.24) is 10.2 Å². The highest BCUT2D eigenvalue weighted by Crippen LogP contribution is 2.23. The van der Waals surface area contributed by atoms with Gasteiger partial charge in [-0.1, -0.05) is 48.0 Å². The van der Waals surface area contributed by atoms with E-state index in [0.717, 1.165) is 24.2 Å². The highest BCUT2D eigenvalue weighted by molar-refractivity contribution is 6.41. The highest BCUT2D eigenvalue weighted by Gasteiger charge is 2.21. The van der Waals surface area contributed by atoms with Crippen molar-refractivity contribution >= 4 is 29.1 Å². The molecule has 0 spiro atoms. The first-order chi connectivity index (χ1) is 13.9. The smallest absolute Gasteiger partial charge is 0.313 e. The number of hydrogen-bond donors (Lipinski definition) is 2. The van der Waals surface area contributed by atoms with Gasteiger partial charge in [-0.2, -0.15) is 0 Å². The topological polar surface area (TPSA) is 70.7 Å². The van der Waals surface area contributed by atoms with E-state index in [9.17, 15) is 9.59 Å². The molecule has 2 amide bonds. The molecule has 0 bridgehead atoms. The predicted octanol–water partition coefficient (Wildman–Crippen LogP) is 3.41. The van der Waals surface area contributed by atoms with Crippen LogP contribution in [0.4, 0.5) is 5.69 Å². The molecule has 0 aliphatic rings. The summed E-state index contributed by atoms with van der Waals surface area (Å²) in [4.78, 5) is 27.0. The largest absolute Gasteiger partial charge is 0.383 e. The summed E-state index contributed by atoms with van der Waals surface area (Å²) in [6, 6.07) is 14.6. The molecule has 0 saturated carbocycles. The monoisotopic (exact) mass is 417 g/mol. The van der Waals surface area contributed by atoms with Gasteiger partial charge >= 0.3 is 11.8 Å². The Morgan fingerprint density at radius 1 is 1.10 bits per heavy atom. The van der Waals surface area contributed by atoms with Gasteiger partial charge in [-0.25, -0.2) is 0 Å². The minimum Gasteiger partial charge on any atom is -0.383 e. The zero-order valence-corrected chi connectivity index (χ0v) is 17.8. The first-order valence-corrected chi connectivity index (χ1v) is 9.89. The molecule has 2 rings (SSSR count). The van der Waals surface area contributed by atoms with Crippen LogP contribution >= 0.6 is 11.6 Å². The Morgan fingerprint density at radius 3 is 2.48 bits per heavy atom. The molecule has 0 aliphatic heterocycles. The van der Waals surface area contributed by atoms with E-state index in [1.54, 1.807) is 19.2 Å². The zero-order valence-electron chi connectivity index (χ0n) is 17.1. The minimum atomic E-state index is -0.746. The van der Waals surface area contributed by atoms with Crippen molar-refractivity contribution in [2.45, 2.75) is 19.4 Å². The molecule has 2 N–H and O–H groups in total. The lowest BCUT2D eigenvalue weighted by atomic mass is 10.0. The van der Waals surface area contributed by atoms with Gasteiger partial charge in [0.15, 0.2) is 0 Å². The Labute approximate surface area is 177 Å². The summed E-state index contributed by atoms with van der Waals surface area (Å²) in [6.45, 7) is 4.07. The maximum absolute atomic E-state index is 12.5. The summed E-state index contributed by atoms with van der Waals surface area (Å²) in [5, 5.41) is 5.81. The van der Waals surface area contributed by atoms with Gasteiger partial charge in [-0.15, -0.1) is 0 Å². The first-order valence-electron chi connectivity index (χ1n) is 9.51. The molecular weight excluding hydrogens is 390 g/mol. The van der Waals surface area contributed by atoms with E-state index in [-0.39, 0.29) is 6.04 Å². The number of likely N-dealkylation sites (N-methyl/N-ethyl adjacent to an activating group) is 1. The van der Waals surface area contributed by atoms with Crippen LogP contribution < -0.4 is 10.6 Å². The fourth-order valence-corrected chi connectivity index (χ4v) is 3.12. The number of benzene rings is 2. The van der Waals surface area contributed by atoms with Crippen LogP contribution in [-0.4, -0.2) is 50.6 Å². The third kappa shape index (κ3) is 7.49. The van der Waals surface area contributed by atoms with Crippen LogP contribution in [0.1, 0.15) is 23.6 Å². The SMILES string of the molecule is COCCN(C)CCC(NC(=O)C(=O)Nc1ccc(C)cc1Cl)c1ccccc1. The number of amides is 2. The molecule has 0 saturated heterocycles. The van der Waals surface area contributed by atoms with Gasteiger partial charge in [0.2, 0.25) is 0 Å². The number of rotatable bonds is 9. The highest BCUT2D eigenvalue weighted by atomic mass is 35.5. The number of halogens is 1. The average Bonchev–Trinajstić information content (AvgIpc) is 2.71. The summed E-state index contributed by atoms with van der Waals surface area (Å²) in [5.74, 6) is -1.44. The maximum Gasteiger partial charge on any atom is 0.313 e. The molecule has 29 heavy (non-hydrogen) atoms. The number of aryl methyl sites for hydroxylation is 1. The van der Waals surface area contributed by atoms with Crippen LogP contribution in [0, 0.1) is 6.92 Å².